The van der Waals surface area contributed by atoms with Gasteiger partial charge in [-0.2, -0.15) is 0 Å². The molecule has 9 heteroatoms. The fourth-order valence-electron chi connectivity index (χ4n) is 5.56. The maximum atomic E-state index is 12.2. The van der Waals surface area contributed by atoms with Gasteiger partial charge in [0, 0.05) is 30.5 Å². The molecule has 29 heavy (non-hydrogen) atoms. The predicted molar refractivity (Wildman–Crippen MR) is 96.0 cm³/mol. The van der Waals surface area contributed by atoms with E-state index in [0.717, 1.165) is 25.2 Å². The van der Waals surface area contributed by atoms with Crippen LogP contribution in [-0.2, 0) is 19.8 Å². The number of imidazole rings is 1. The van der Waals surface area contributed by atoms with Gasteiger partial charge in [-0.05, 0) is 38.0 Å². The lowest BCUT2D eigenvalue weighted by Gasteiger charge is -2.70. The molecule has 0 saturated heterocycles. The summed E-state index contributed by atoms with van der Waals surface area (Å²) in [6, 6.07) is 0. The van der Waals surface area contributed by atoms with E-state index in [9.17, 15) is 18.0 Å². The number of amides is 1. The molecular formula is C20H26F3N3O3. The van der Waals surface area contributed by atoms with E-state index in [1.54, 1.807) is 0 Å². The second kappa shape index (κ2) is 6.44. The normalized spacial score (nSPS) is 40.3. The molecule has 6 nitrogen and oxygen atoms in total. The third-order valence-corrected chi connectivity index (χ3v) is 7.15. The average molecular weight is 413 g/mol. The van der Waals surface area contributed by atoms with Crippen LogP contribution in [0.2, 0.25) is 0 Å². The summed E-state index contributed by atoms with van der Waals surface area (Å²) in [5.41, 5.74) is 1.12. The first-order valence-corrected chi connectivity index (χ1v) is 10.4. The van der Waals surface area contributed by atoms with E-state index in [2.05, 4.69) is 32.7 Å². The Balaban J connectivity index is 1.03. The molecule has 5 saturated carbocycles. The minimum atomic E-state index is -4.61. The topological polar surface area (TPSA) is 65.4 Å². The molecule has 1 aromatic rings. The van der Waals surface area contributed by atoms with E-state index in [4.69, 9.17) is 4.74 Å². The molecule has 5 aliphatic carbocycles. The maximum Gasteiger partial charge on any atom is 0.522 e. The highest BCUT2D eigenvalue weighted by atomic mass is 19.4. The van der Waals surface area contributed by atoms with Crippen molar-refractivity contribution in [3.63, 3.8) is 0 Å². The van der Waals surface area contributed by atoms with Crippen LogP contribution in [0.3, 0.4) is 0 Å². The lowest BCUT2D eigenvalue weighted by atomic mass is 9.44. The standard InChI is InChI=1S/C20H26F3N3O3/c1-12-2-13(3-12)16-6-26(11-24-16)19-8-18(9-19,10-19)25-17(27)7-28-14-4-15(5-14)29-20(21,22)23/h6,11-15H,2-5,7-10H2,1H3,(H,25,27). The molecule has 0 aliphatic heterocycles. The van der Waals surface area contributed by atoms with Gasteiger partial charge in [-0.15, -0.1) is 13.2 Å². The van der Waals surface area contributed by atoms with Crippen molar-refractivity contribution < 1.29 is 27.4 Å². The Hall–Kier alpha value is -1.61. The van der Waals surface area contributed by atoms with Crippen molar-refractivity contribution >= 4 is 5.91 Å². The van der Waals surface area contributed by atoms with Crippen molar-refractivity contribution in [2.45, 2.75) is 87.4 Å². The summed E-state index contributed by atoms with van der Waals surface area (Å²) in [7, 11) is 0. The largest absolute Gasteiger partial charge is 0.522 e. The van der Waals surface area contributed by atoms with Crippen LogP contribution in [0.1, 0.15) is 63.5 Å². The maximum absolute atomic E-state index is 12.2. The monoisotopic (exact) mass is 413 g/mol. The Morgan fingerprint density at radius 1 is 1.24 bits per heavy atom. The molecule has 0 radical (unpaired) electrons. The number of ether oxygens (including phenoxy) is 2. The Labute approximate surface area is 167 Å². The van der Waals surface area contributed by atoms with Gasteiger partial charge in [0.2, 0.25) is 5.91 Å². The molecule has 1 aromatic heterocycles. The Bertz CT molecular complexity index is 777. The quantitative estimate of drug-likeness (QED) is 0.746. The van der Waals surface area contributed by atoms with Crippen LogP contribution in [0.25, 0.3) is 0 Å². The van der Waals surface area contributed by atoms with Gasteiger partial charge in [-0.25, -0.2) is 4.98 Å². The van der Waals surface area contributed by atoms with Gasteiger partial charge in [0.05, 0.1) is 29.8 Å². The van der Waals surface area contributed by atoms with Crippen LogP contribution >= 0.6 is 0 Å². The van der Waals surface area contributed by atoms with Gasteiger partial charge < -0.3 is 14.6 Å². The molecule has 1 N–H and O–H groups in total. The second-order valence-electron chi connectivity index (χ2n) is 9.65. The fraction of sp³-hybridized carbons (Fsp3) is 0.800. The zero-order valence-electron chi connectivity index (χ0n) is 16.4. The summed E-state index contributed by atoms with van der Waals surface area (Å²) >= 11 is 0. The highest BCUT2D eigenvalue weighted by Crippen LogP contribution is 2.65. The van der Waals surface area contributed by atoms with Gasteiger partial charge in [0.1, 0.15) is 6.61 Å². The number of carbonyl (C=O) groups excluding carboxylic acids is 1. The van der Waals surface area contributed by atoms with E-state index < -0.39 is 12.5 Å². The van der Waals surface area contributed by atoms with E-state index in [0.29, 0.717) is 5.92 Å². The molecular weight excluding hydrogens is 387 g/mol. The van der Waals surface area contributed by atoms with E-state index in [-0.39, 0.29) is 42.5 Å². The first-order valence-electron chi connectivity index (χ1n) is 10.4. The van der Waals surface area contributed by atoms with Crippen molar-refractivity contribution in [2.24, 2.45) is 5.92 Å². The van der Waals surface area contributed by atoms with Gasteiger partial charge in [-0.1, -0.05) is 6.92 Å². The number of hydrogen-bond acceptors (Lipinski definition) is 4. The van der Waals surface area contributed by atoms with Crippen molar-refractivity contribution in [3.8, 4) is 0 Å². The summed E-state index contributed by atoms with van der Waals surface area (Å²) in [6.45, 7) is 2.15. The van der Waals surface area contributed by atoms with Gasteiger partial charge >= 0.3 is 6.36 Å². The number of nitrogens with zero attached hydrogens (tertiary/aromatic N) is 2. The van der Waals surface area contributed by atoms with Crippen LogP contribution < -0.4 is 5.32 Å². The van der Waals surface area contributed by atoms with E-state index in [1.165, 1.54) is 18.5 Å². The van der Waals surface area contributed by atoms with E-state index >= 15 is 0 Å². The smallest absolute Gasteiger partial charge is 0.368 e. The fourth-order valence-corrected chi connectivity index (χ4v) is 5.56. The highest BCUT2D eigenvalue weighted by molar-refractivity contribution is 5.78. The van der Waals surface area contributed by atoms with Crippen molar-refractivity contribution in [2.75, 3.05) is 6.61 Å². The summed E-state index contributed by atoms with van der Waals surface area (Å²) in [4.78, 5) is 16.8. The number of hydrogen-bond donors (Lipinski definition) is 1. The third-order valence-electron chi connectivity index (χ3n) is 7.15. The Morgan fingerprint density at radius 3 is 2.55 bits per heavy atom. The van der Waals surface area contributed by atoms with Crippen LogP contribution in [0.5, 0.6) is 0 Å². The van der Waals surface area contributed by atoms with Crippen LogP contribution in [-0.4, -0.2) is 46.2 Å². The van der Waals surface area contributed by atoms with Crippen molar-refractivity contribution in [3.05, 3.63) is 18.2 Å². The number of alkyl halides is 3. The average Bonchev–Trinajstić information content (AvgIpc) is 2.96. The lowest BCUT2D eigenvalue weighted by Crippen LogP contribution is -2.78. The molecule has 160 valence electrons. The van der Waals surface area contributed by atoms with Crippen LogP contribution in [0.15, 0.2) is 12.5 Å². The van der Waals surface area contributed by atoms with Gasteiger partial charge in [-0.3, -0.25) is 9.53 Å². The number of nitrogens with one attached hydrogen (secondary N) is 1. The van der Waals surface area contributed by atoms with Crippen LogP contribution in [0.4, 0.5) is 13.2 Å². The predicted octanol–water partition coefficient (Wildman–Crippen LogP) is 3.23. The first-order chi connectivity index (χ1) is 13.6. The minimum Gasteiger partial charge on any atom is -0.368 e. The van der Waals surface area contributed by atoms with E-state index in [1.807, 2.05) is 6.33 Å². The highest BCUT2D eigenvalue weighted by Gasteiger charge is 2.69. The second-order valence-corrected chi connectivity index (χ2v) is 9.65. The third kappa shape index (κ3) is 3.56. The molecule has 5 aliphatic rings. The zero-order valence-corrected chi connectivity index (χ0v) is 16.4. The Morgan fingerprint density at radius 2 is 1.93 bits per heavy atom. The summed E-state index contributed by atoms with van der Waals surface area (Å²) in [5, 5.41) is 3.06. The minimum absolute atomic E-state index is 0.0882. The lowest BCUT2D eigenvalue weighted by molar-refractivity contribution is -0.357. The summed E-state index contributed by atoms with van der Waals surface area (Å²) in [6.07, 6.45) is 3.77. The molecule has 1 heterocycles. The van der Waals surface area contributed by atoms with Gasteiger partial charge in [0.15, 0.2) is 0 Å². The molecule has 0 unspecified atom stereocenters. The number of aromatic nitrogens is 2. The molecule has 2 bridgehead atoms. The number of carbonyl (C=O) groups is 1. The Kier molecular flexibility index (Phi) is 4.30. The van der Waals surface area contributed by atoms with Gasteiger partial charge in [0.25, 0.3) is 0 Å². The van der Waals surface area contributed by atoms with Crippen molar-refractivity contribution in [1.29, 1.82) is 0 Å². The SMILES string of the molecule is CC1CC(c2cn(C34CC(NC(=O)COC5CC(OC(F)(F)F)C5)(C3)C4)cn2)C1. The molecule has 5 fully saturated rings. The number of halogens is 3. The molecule has 1 amide bonds. The molecule has 0 aromatic carbocycles. The molecule has 0 spiro atoms. The molecule has 6 rings (SSSR count). The zero-order chi connectivity index (χ0) is 20.4. The number of rotatable bonds is 7. The van der Waals surface area contributed by atoms with Crippen LogP contribution in [0, 0.1) is 5.92 Å². The van der Waals surface area contributed by atoms with Crippen molar-refractivity contribution in [1.82, 2.24) is 14.9 Å². The summed E-state index contributed by atoms with van der Waals surface area (Å²) < 4.78 is 47.9. The summed E-state index contributed by atoms with van der Waals surface area (Å²) in [5.74, 6) is 1.19. The molecule has 0 atom stereocenters. The first kappa shape index (κ1) is 19.4.